The first-order chi connectivity index (χ1) is 7.91. The number of benzene rings is 1. The molecule has 1 aromatic carbocycles. The fraction of sp³-hybridized carbons (Fsp3) is 0.273. The number of amides is 3. The molecular weight excluding hydrogens is 230 g/mol. The molecule has 0 radical (unpaired) electrons. The molecule has 17 heavy (non-hydrogen) atoms. The monoisotopic (exact) mass is 242 g/mol. The topological polar surface area (TPSA) is 58.2 Å². The summed E-state index contributed by atoms with van der Waals surface area (Å²) in [6, 6.07) is 2.03. The van der Waals surface area contributed by atoms with Crippen molar-refractivity contribution in [1.29, 1.82) is 0 Å². The maximum absolute atomic E-state index is 13.2. The minimum atomic E-state index is -1.11. The average Bonchev–Trinajstić information content (AvgIpc) is 2.15. The lowest BCUT2D eigenvalue weighted by atomic mass is 10.2. The van der Waals surface area contributed by atoms with E-state index in [1.807, 2.05) is 5.32 Å². The lowest BCUT2D eigenvalue weighted by Crippen LogP contribution is -2.43. The van der Waals surface area contributed by atoms with Gasteiger partial charge in [0.05, 0.1) is 0 Å². The highest BCUT2D eigenvalue weighted by molar-refractivity contribution is 6.04. The highest BCUT2D eigenvalue weighted by Crippen LogP contribution is 2.11. The smallest absolute Gasteiger partial charge is 0.321 e. The Bertz CT molecular complexity index is 427. The maximum Gasteiger partial charge on any atom is 0.321 e. The van der Waals surface area contributed by atoms with Crippen LogP contribution in [-0.4, -0.2) is 18.0 Å². The van der Waals surface area contributed by atoms with Crippen LogP contribution in [-0.2, 0) is 0 Å². The summed E-state index contributed by atoms with van der Waals surface area (Å²) in [5.74, 6) is -3.14. The Morgan fingerprint density at radius 1 is 1.18 bits per heavy atom. The number of urea groups is 1. The van der Waals surface area contributed by atoms with Gasteiger partial charge in [-0.2, -0.15) is 0 Å². The van der Waals surface area contributed by atoms with Crippen LogP contribution in [0.4, 0.5) is 13.6 Å². The van der Waals surface area contributed by atoms with Gasteiger partial charge in [-0.05, 0) is 26.0 Å². The van der Waals surface area contributed by atoms with Crippen molar-refractivity contribution in [2.24, 2.45) is 0 Å². The number of imide groups is 1. The van der Waals surface area contributed by atoms with Gasteiger partial charge < -0.3 is 5.32 Å². The second-order valence-electron chi connectivity index (χ2n) is 3.68. The molecule has 6 heteroatoms. The number of carbonyl (C=O) groups is 2. The van der Waals surface area contributed by atoms with E-state index in [4.69, 9.17) is 0 Å². The van der Waals surface area contributed by atoms with E-state index in [-0.39, 0.29) is 6.04 Å². The van der Waals surface area contributed by atoms with Crippen molar-refractivity contribution in [2.45, 2.75) is 19.9 Å². The van der Waals surface area contributed by atoms with Crippen LogP contribution in [0.15, 0.2) is 18.2 Å². The largest absolute Gasteiger partial charge is 0.336 e. The molecule has 0 aromatic heterocycles. The van der Waals surface area contributed by atoms with Crippen LogP contribution in [0, 0.1) is 11.6 Å². The zero-order valence-corrected chi connectivity index (χ0v) is 9.38. The molecule has 0 saturated carbocycles. The van der Waals surface area contributed by atoms with Crippen molar-refractivity contribution in [3.63, 3.8) is 0 Å². The predicted molar refractivity (Wildman–Crippen MR) is 57.5 cm³/mol. The lowest BCUT2D eigenvalue weighted by molar-refractivity contribution is 0.0955. The van der Waals surface area contributed by atoms with E-state index in [0.29, 0.717) is 0 Å². The van der Waals surface area contributed by atoms with Crippen molar-refractivity contribution in [1.82, 2.24) is 10.6 Å². The average molecular weight is 242 g/mol. The first kappa shape index (κ1) is 13.1. The summed E-state index contributed by atoms with van der Waals surface area (Å²) >= 11 is 0. The van der Waals surface area contributed by atoms with Gasteiger partial charge in [-0.15, -0.1) is 0 Å². The molecule has 0 aliphatic rings. The number of hydrogen-bond acceptors (Lipinski definition) is 2. The molecule has 0 spiro atoms. The third-order valence-corrected chi connectivity index (χ3v) is 1.84. The quantitative estimate of drug-likeness (QED) is 0.831. The van der Waals surface area contributed by atoms with Crippen molar-refractivity contribution in [3.8, 4) is 0 Å². The zero-order chi connectivity index (χ0) is 13.0. The van der Waals surface area contributed by atoms with Crippen molar-refractivity contribution >= 4 is 11.9 Å². The highest BCUT2D eigenvalue weighted by Gasteiger charge is 2.19. The van der Waals surface area contributed by atoms with Crippen LogP contribution in [0.25, 0.3) is 0 Å². The summed E-state index contributed by atoms with van der Waals surface area (Å²) in [7, 11) is 0. The molecule has 1 aromatic rings. The molecule has 92 valence electrons. The van der Waals surface area contributed by atoms with Gasteiger partial charge in [0.2, 0.25) is 0 Å². The van der Waals surface area contributed by atoms with Crippen LogP contribution in [0.3, 0.4) is 0 Å². The summed E-state index contributed by atoms with van der Waals surface area (Å²) in [4.78, 5) is 22.6. The molecule has 0 heterocycles. The minimum Gasteiger partial charge on any atom is -0.336 e. The Kier molecular flexibility index (Phi) is 4.14. The Balaban J connectivity index is 2.80. The van der Waals surface area contributed by atoms with Crippen LogP contribution < -0.4 is 10.6 Å². The van der Waals surface area contributed by atoms with Crippen LogP contribution >= 0.6 is 0 Å². The summed E-state index contributed by atoms with van der Waals surface area (Å²) in [5, 5.41) is 4.21. The lowest BCUT2D eigenvalue weighted by Gasteiger charge is -2.09. The van der Waals surface area contributed by atoms with E-state index in [0.717, 1.165) is 18.2 Å². The summed E-state index contributed by atoms with van der Waals surface area (Å²) in [6.45, 7) is 3.38. The Labute approximate surface area is 97.0 Å². The van der Waals surface area contributed by atoms with Gasteiger partial charge in [0.25, 0.3) is 5.91 Å². The van der Waals surface area contributed by atoms with Gasteiger partial charge in [0.1, 0.15) is 17.2 Å². The third-order valence-electron chi connectivity index (χ3n) is 1.84. The van der Waals surface area contributed by atoms with E-state index >= 15 is 0 Å². The van der Waals surface area contributed by atoms with Crippen molar-refractivity contribution in [3.05, 3.63) is 35.4 Å². The number of hydrogen-bond donors (Lipinski definition) is 2. The molecule has 3 amide bonds. The Hall–Kier alpha value is -1.98. The maximum atomic E-state index is 13.2. The normalized spacial score (nSPS) is 10.2. The molecule has 0 aliphatic heterocycles. The van der Waals surface area contributed by atoms with E-state index in [9.17, 15) is 18.4 Å². The van der Waals surface area contributed by atoms with E-state index < -0.39 is 29.1 Å². The molecule has 0 bridgehead atoms. The SMILES string of the molecule is CC(C)NC(=O)NC(=O)c1c(F)cccc1F. The zero-order valence-electron chi connectivity index (χ0n) is 9.38. The standard InChI is InChI=1S/C11H12F2N2O2/c1-6(2)14-11(17)15-10(16)9-7(12)4-3-5-8(9)13/h3-6H,1-2H3,(H2,14,15,16,17). The van der Waals surface area contributed by atoms with E-state index in [2.05, 4.69) is 5.32 Å². The molecule has 0 unspecified atom stereocenters. The summed E-state index contributed by atoms with van der Waals surface area (Å²) in [6.07, 6.45) is 0. The van der Waals surface area contributed by atoms with E-state index in [1.54, 1.807) is 13.8 Å². The predicted octanol–water partition coefficient (Wildman–Crippen LogP) is 1.81. The molecule has 0 aliphatic carbocycles. The van der Waals surface area contributed by atoms with Crippen LogP contribution in [0.5, 0.6) is 0 Å². The number of nitrogens with one attached hydrogen (secondary N) is 2. The Morgan fingerprint density at radius 2 is 1.71 bits per heavy atom. The van der Waals surface area contributed by atoms with Gasteiger partial charge >= 0.3 is 6.03 Å². The molecule has 0 fully saturated rings. The first-order valence-corrected chi connectivity index (χ1v) is 4.97. The number of carbonyl (C=O) groups excluding carboxylic acids is 2. The third kappa shape index (κ3) is 3.51. The first-order valence-electron chi connectivity index (χ1n) is 4.97. The molecule has 0 atom stereocenters. The minimum absolute atomic E-state index is 0.187. The second-order valence-corrected chi connectivity index (χ2v) is 3.68. The van der Waals surface area contributed by atoms with E-state index in [1.165, 1.54) is 0 Å². The van der Waals surface area contributed by atoms with Crippen LogP contribution in [0.1, 0.15) is 24.2 Å². The molecule has 0 saturated heterocycles. The second kappa shape index (κ2) is 5.38. The van der Waals surface area contributed by atoms with Crippen molar-refractivity contribution < 1.29 is 18.4 Å². The molecule has 4 nitrogen and oxygen atoms in total. The fourth-order valence-electron chi connectivity index (χ4n) is 1.18. The summed E-state index contributed by atoms with van der Waals surface area (Å²) in [5.41, 5.74) is -0.772. The highest BCUT2D eigenvalue weighted by atomic mass is 19.1. The summed E-state index contributed by atoms with van der Waals surface area (Å²) < 4.78 is 26.4. The van der Waals surface area contributed by atoms with Crippen molar-refractivity contribution in [2.75, 3.05) is 0 Å². The van der Waals surface area contributed by atoms with Gasteiger partial charge in [0.15, 0.2) is 0 Å². The molecule has 1 rings (SSSR count). The van der Waals surface area contributed by atoms with Gasteiger partial charge in [-0.25, -0.2) is 13.6 Å². The fourth-order valence-corrected chi connectivity index (χ4v) is 1.18. The van der Waals surface area contributed by atoms with Gasteiger partial charge in [-0.3, -0.25) is 10.1 Å². The number of rotatable bonds is 2. The molecular formula is C11H12F2N2O2. The van der Waals surface area contributed by atoms with Gasteiger partial charge in [0, 0.05) is 6.04 Å². The van der Waals surface area contributed by atoms with Crippen LogP contribution in [0.2, 0.25) is 0 Å². The van der Waals surface area contributed by atoms with Gasteiger partial charge in [-0.1, -0.05) is 6.07 Å². The number of halogens is 2. The Morgan fingerprint density at radius 3 is 2.18 bits per heavy atom. The molecule has 2 N–H and O–H groups in total.